The van der Waals surface area contributed by atoms with E-state index >= 15 is 0 Å². The zero-order valence-corrected chi connectivity index (χ0v) is 21.6. The molecule has 37 heavy (non-hydrogen) atoms. The van der Waals surface area contributed by atoms with Gasteiger partial charge in [-0.25, -0.2) is 0 Å². The van der Waals surface area contributed by atoms with Gasteiger partial charge in [0.15, 0.2) is 0 Å². The van der Waals surface area contributed by atoms with Gasteiger partial charge in [0, 0.05) is 24.8 Å². The fourth-order valence-corrected chi connectivity index (χ4v) is 4.59. The Bertz CT molecular complexity index is 1270. The van der Waals surface area contributed by atoms with Crippen molar-refractivity contribution in [3.8, 4) is 5.75 Å². The normalized spacial score (nSPS) is 17.0. The van der Waals surface area contributed by atoms with E-state index in [1.807, 2.05) is 43.3 Å². The van der Waals surface area contributed by atoms with Crippen molar-refractivity contribution in [1.82, 2.24) is 14.8 Å². The SMILES string of the molecule is CCN(CC)CCN1C(=O)C(=O)/C(=C(\O)c2ccc(OCc3ccccc3)c(C)c2)C1c1ccccn1. The van der Waals surface area contributed by atoms with Crippen LogP contribution in [0.1, 0.15) is 42.3 Å². The number of carbonyl (C=O) groups excluding carboxylic acids is 2. The molecule has 4 rings (SSSR count). The van der Waals surface area contributed by atoms with Gasteiger partial charge < -0.3 is 19.6 Å². The van der Waals surface area contributed by atoms with Crippen molar-refractivity contribution in [3.63, 3.8) is 0 Å². The molecular weight excluding hydrogens is 466 g/mol. The summed E-state index contributed by atoms with van der Waals surface area (Å²) in [6.07, 6.45) is 1.63. The monoisotopic (exact) mass is 499 g/mol. The van der Waals surface area contributed by atoms with Gasteiger partial charge in [-0.15, -0.1) is 0 Å². The number of ketones is 1. The molecule has 1 aromatic heterocycles. The summed E-state index contributed by atoms with van der Waals surface area (Å²) in [6, 6.07) is 19.7. The molecule has 1 atom stereocenters. The van der Waals surface area contributed by atoms with Gasteiger partial charge in [0.05, 0.1) is 11.3 Å². The minimum Gasteiger partial charge on any atom is -0.507 e. The van der Waals surface area contributed by atoms with Gasteiger partial charge in [0.25, 0.3) is 11.7 Å². The van der Waals surface area contributed by atoms with E-state index in [0.29, 0.717) is 36.7 Å². The lowest BCUT2D eigenvalue weighted by Gasteiger charge is -2.27. The lowest BCUT2D eigenvalue weighted by molar-refractivity contribution is -0.140. The number of rotatable bonds is 10. The molecule has 1 saturated heterocycles. The van der Waals surface area contributed by atoms with Gasteiger partial charge in [-0.3, -0.25) is 14.6 Å². The fourth-order valence-electron chi connectivity index (χ4n) is 4.59. The zero-order valence-electron chi connectivity index (χ0n) is 21.6. The Labute approximate surface area is 218 Å². The summed E-state index contributed by atoms with van der Waals surface area (Å²) in [5.41, 5.74) is 2.91. The van der Waals surface area contributed by atoms with Crippen molar-refractivity contribution in [2.45, 2.75) is 33.4 Å². The lowest BCUT2D eigenvalue weighted by Crippen LogP contribution is -2.38. The van der Waals surface area contributed by atoms with Gasteiger partial charge >= 0.3 is 0 Å². The number of hydrogen-bond donors (Lipinski definition) is 1. The van der Waals surface area contributed by atoms with E-state index in [1.54, 1.807) is 36.5 Å². The summed E-state index contributed by atoms with van der Waals surface area (Å²) < 4.78 is 5.96. The molecule has 1 aliphatic rings. The highest BCUT2D eigenvalue weighted by molar-refractivity contribution is 6.46. The van der Waals surface area contributed by atoms with Crippen LogP contribution >= 0.6 is 0 Å². The molecule has 0 aliphatic carbocycles. The minimum absolute atomic E-state index is 0.0561. The van der Waals surface area contributed by atoms with Crippen LogP contribution in [0, 0.1) is 6.92 Å². The number of hydrogen-bond acceptors (Lipinski definition) is 6. The van der Waals surface area contributed by atoms with Crippen LogP contribution in [0.25, 0.3) is 5.76 Å². The van der Waals surface area contributed by atoms with Crippen molar-refractivity contribution in [3.05, 3.63) is 101 Å². The molecule has 0 spiro atoms. The summed E-state index contributed by atoms with van der Waals surface area (Å²) in [5.74, 6) is -0.850. The highest BCUT2D eigenvalue weighted by Gasteiger charge is 2.46. The molecule has 3 aromatic rings. The second-order valence-electron chi connectivity index (χ2n) is 9.03. The molecule has 7 nitrogen and oxygen atoms in total. The predicted octanol–water partition coefficient (Wildman–Crippen LogP) is 4.73. The summed E-state index contributed by atoms with van der Waals surface area (Å²) in [6.45, 7) is 9.08. The van der Waals surface area contributed by atoms with Crippen molar-refractivity contribution in [2.75, 3.05) is 26.2 Å². The minimum atomic E-state index is -0.758. The van der Waals surface area contributed by atoms with Crippen molar-refractivity contribution >= 4 is 17.4 Å². The first-order chi connectivity index (χ1) is 17.9. The Hall–Kier alpha value is -3.97. The molecule has 1 amide bonds. The molecule has 1 fully saturated rings. The average Bonchev–Trinajstić information content (AvgIpc) is 3.18. The van der Waals surface area contributed by atoms with Crippen LogP contribution < -0.4 is 4.74 Å². The zero-order chi connectivity index (χ0) is 26.4. The molecule has 1 aliphatic heterocycles. The average molecular weight is 500 g/mol. The highest BCUT2D eigenvalue weighted by Crippen LogP contribution is 2.39. The molecule has 0 radical (unpaired) electrons. The third kappa shape index (κ3) is 5.73. The number of nitrogens with zero attached hydrogens (tertiary/aromatic N) is 3. The topological polar surface area (TPSA) is 83.0 Å². The highest BCUT2D eigenvalue weighted by atomic mass is 16.5. The van der Waals surface area contributed by atoms with E-state index in [1.165, 1.54) is 4.90 Å². The molecule has 7 heteroatoms. The Morgan fingerprint density at radius 3 is 2.41 bits per heavy atom. The van der Waals surface area contributed by atoms with Crippen molar-refractivity contribution < 1.29 is 19.4 Å². The van der Waals surface area contributed by atoms with E-state index in [-0.39, 0.29) is 11.3 Å². The third-order valence-corrected chi connectivity index (χ3v) is 6.74. The molecule has 2 heterocycles. The standard InChI is InChI=1S/C30H33N3O4/c1-4-32(5-2)17-18-33-27(24-13-9-10-16-31-24)26(29(35)30(33)36)28(34)23-14-15-25(21(3)19-23)37-20-22-11-7-6-8-12-22/h6-16,19,27,34H,4-5,17-18,20H2,1-3H3/b28-26-. The van der Waals surface area contributed by atoms with Gasteiger partial charge in [-0.05, 0) is 61.5 Å². The van der Waals surface area contributed by atoms with Gasteiger partial charge in [0.2, 0.25) is 0 Å². The number of pyridine rings is 1. The van der Waals surface area contributed by atoms with Crippen LogP contribution in [0.5, 0.6) is 5.75 Å². The van der Waals surface area contributed by atoms with E-state index < -0.39 is 17.7 Å². The Kier molecular flexibility index (Phi) is 8.36. The van der Waals surface area contributed by atoms with Crippen LogP contribution in [-0.4, -0.2) is 57.8 Å². The number of aromatic nitrogens is 1. The molecule has 192 valence electrons. The van der Waals surface area contributed by atoms with Gasteiger partial charge in [0.1, 0.15) is 24.2 Å². The third-order valence-electron chi connectivity index (χ3n) is 6.74. The van der Waals surface area contributed by atoms with E-state index in [9.17, 15) is 14.7 Å². The van der Waals surface area contributed by atoms with Crippen LogP contribution in [0.4, 0.5) is 0 Å². The number of likely N-dealkylation sites (tertiary alicyclic amines) is 1. The van der Waals surface area contributed by atoms with Crippen LogP contribution in [-0.2, 0) is 16.2 Å². The van der Waals surface area contributed by atoms with Crippen LogP contribution in [0.3, 0.4) is 0 Å². The lowest BCUT2D eigenvalue weighted by atomic mass is 9.97. The molecule has 1 unspecified atom stereocenters. The maximum atomic E-state index is 13.2. The predicted molar refractivity (Wildman–Crippen MR) is 143 cm³/mol. The van der Waals surface area contributed by atoms with Crippen molar-refractivity contribution in [2.24, 2.45) is 0 Å². The summed E-state index contributed by atoms with van der Waals surface area (Å²) in [4.78, 5) is 34.5. The first-order valence-electron chi connectivity index (χ1n) is 12.6. The number of amides is 1. The Morgan fingerprint density at radius 2 is 1.76 bits per heavy atom. The van der Waals surface area contributed by atoms with E-state index in [0.717, 1.165) is 24.2 Å². The van der Waals surface area contributed by atoms with Crippen molar-refractivity contribution in [1.29, 1.82) is 0 Å². The van der Waals surface area contributed by atoms with Crippen LogP contribution in [0.15, 0.2) is 78.5 Å². The van der Waals surface area contributed by atoms with Gasteiger partial charge in [-0.2, -0.15) is 0 Å². The second-order valence-corrected chi connectivity index (χ2v) is 9.03. The molecule has 1 N–H and O–H groups in total. The number of benzene rings is 2. The quantitative estimate of drug-likeness (QED) is 0.247. The van der Waals surface area contributed by atoms with Gasteiger partial charge in [-0.1, -0.05) is 50.2 Å². The maximum Gasteiger partial charge on any atom is 0.295 e. The second kappa shape index (κ2) is 11.8. The number of aryl methyl sites for hydroxylation is 1. The molecular formula is C30H33N3O4. The summed E-state index contributed by atoms with van der Waals surface area (Å²) >= 11 is 0. The molecule has 0 bridgehead atoms. The smallest absolute Gasteiger partial charge is 0.295 e. The largest absolute Gasteiger partial charge is 0.507 e. The number of ether oxygens (including phenoxy) is 1. The first-order valence-corrected chi connectivity index (χ1v) is 12.6. The molecule has 0 saturated carbocycles. The number of aliphatic hydroxyl groups is 1. The van der Waals surface area contributed by atoms with Crippen LogP contribution in [0.2, 0.25) is 0 Å². The van der Waals surface area contributed by atoms with E-state index in [2.05, 4.69) is 23.7 Å². The number of likely N-dealkylation sites (N-methyl/N-ethyl adjacent to an activating group) is 1. The number of aliphatic hydroxyl groups excluding tert-OH is 1. The Balaban J connectivity index is 1.66. The number of carbonyl (C=O) groups is 2. The fraction of sp³-hybridized carbons (Fsp3) is 0.300. The summed E-state index contributed by atoms with van der Waals surface area (Å²) in [5, 5.41) is 11.4. The maximum absolute atomic E-state index is 13.2. The summed E-state index contributed by atoms with van der Waals surface area (Å²) in [7, 11) is 0. The number of Topliss-reactive ketones (excluding diaryl/α,β-unsaturated/α-hetero) is 1. The molecule has 2 aromatic carbocycles. The Morgan fingerprint density at radius 1 is 1.03 bits per heavy atom. The first kappa shape index (κ1) is 26.1. The van der Waals surface area contributed by atoms with E-state index in [4.69, 9.17) is 4.74 Å².